The Morgan fingerprint density at radius 1 is 1.18 bits per heavy atom. The van der Waals surface area contributed by atoms with Gasteiger partial charge in [-0.3, -0.25) is 8.42 Å². The van der Waals surface area contributed by atoms with Crippen LogP contribution in [0.1, 0.15) is 0 Å². The van der Waals surface area contributed by atoms with Crippen LogP contribution in [0.15, 0.2) is 24.3 Å². The molecule has 0 saturated heterocycles. The fourth-order valence-corrected chi connectivity index (χ4v) is 0.857. The van der Waals surface area contributed by atoms with Gasteiger partial charge in [-0.1, -0.05) is 17.0 Å². The first-order chi connectivity index (χ1) is 6.88. The zero-order valence-corrected chi connectivity index (χ0v) is 14.0. The van der Waals surface area contributed by atoms with Crippen LogP contribution in [-0.4, -0.2) is 37.9 Å². The number of benzene rings is 1. The summed E-state index contributed by atoms with van der Waals surface area (Å²) in [5.41, 5.74) is 1.33. The van der Waals surface area contributed by atoms with Gasteiger partial charge in [0.25, 0.3) is 0 Å². The molecular formula is C6H5N3Na2O5S. The quantitative estimate of drug-likeness (QED) is 0.219. The number of nitrogens with zero attached hydrogens (tertiary/aromatic N) is 3. The first kappa shape index (κ1) is 19.6. The van der Waals surface area contributed by atoms with Crippen LogP contribution in [0.2, 0.25) is 0 Å². The molecule has 1 aromatic heterocycles. The molecule has 82 valence electrons. The van der Waals surface area contributed by atoms with Crippen molar-refractivity contribution in [2.75, 3.05) is 0 Å². The fourth-order valence-electron chi connectivity index (χ4n) is 0.857. The van der Waals surface area contributed by atoms with E-state index in [2.05, 4.69) is 10.3 Å². The second kappa shape index (κ2) is 8.40. The van der Waals surface area contributed by atoms with Gasteiger partial charge in [0, 0.05) is 10.4 Å². The molecule has 0 saturated carbocycles. The van der Waals surface area contributed by atoms with Gasteiger partial charge < -0.3 is 14.3 Å². The van der Waals surface area contributed by atoms with E-state index < -0.39 is 10.4 Å². The first-order valence-corrected chi connectivity index (χ1v) is 4.87. The molecule has 11 heteroatoms. The Morgan fingerprint density at radius 3 is 2.12 bits per heavy atom. The largest absolute Gasteiger partial charge is 1.00 e. The Labute approximate surface area is 141 Å². The Hall–Kier alpha value is 0.290. The van der Waals surface area contributed by atoms with E-state index in [4.69, 9.17) is 22.7 Å². The maximum absolute atomic E-state index is 8.95. The smallest absolute Gasteiger partial charge is 0.759 e. The van der Waals surface area contributed by atoms with Gasteiger partial charge in [0.1, 0.15) is 11.0 Å². The third-order valence-electron chi connectivity index (χ3n) is 1.33. The molecule has 0 fully saturated rings. The number of hydrogen-bond donors (Lipinski definition) is 1. The second-order valence-electron chi connectivity index (χ2n) is 2.38. The molecule has 17 heavy (non-hydrogen) atoms. The minimum absolute atomic E-state index is 0. The van der Waals surface area contributed by atoms with Gasteiger partial charge in [0.05, 0.1) is 0 Å². The summed E-state index contributed by atoms with van der Waals surface area (Å²) in [6.07, 6.45) is 0. The van der Waals surface area contributed by atoms with Crippen LogP contribution in [0, 0.1) is 0 Å². The van der Waals surface area contributed by atoms with Crippen molar-refractivity contribution in [3.05, 3.63) is 24.3 Å². The third-order valence-corrected chi connectivity index (χ3v) is 1.33. The molecule has 8 nitrogen and oxygen atoms in total. The Morgan fingerprint density at radius 2 is 1.65 bits per heavy atom. The summed E-state index contributed by atoms with van der Waals surface area (Å²) in [7, 11) is -5.17. The summed E-state index contributed by atoms with van der Waals surface area (Å²) in [5.74, 6) is 0. The molecular weight excluding hydrogens is 272 g/mol. The molecule has 0 aliphatic carbocycles. The number of para-hydroxylation sites is 1. The van der Waals surface area contributed by atoms with E-state index in [-0.39, 0.29) is 59.1 Å². The van der Waals surface area contributed by atoms with Crippen molar-refractivity contribution >= 4 is 21.4 Å². The van der Waals surface area contributed by atoms with Crippen molar-refractivity contribution in [1.29, 1.82) is 0 Å². The maximum atomic E-state index is 8.95. The number of rotatable bonds is 0. The first-order valence-electron chi connectivity index (χ1n) is 3.54. The molecule has 0 spiro atoms. The summed E-state index contributed by atoms with van der Waals surface area (Å²) in [6, 6.07) is 7.19. The predicted molar refractivity (Wildman–Crippen MR) is 45.2 cm³/mol. The van der Waals surface area contributed by atoms with Gasteiger partial charge >= 0.3 is 59.1 Å². The molecule has 1 aromatic carbocycles. The normalized spacial score (nSPS) is 9.53. The Kier molecular flexibility index (Phi) is 9.70. The zero-order chi connectivity index (χ0) is 11.5. The van der Waals surface area contributed by atoms with Gasteiger partial charge in [-0.25, -0.2) is 0 Å². The minimum Gasteiger partial charge on any atom is -0.759 e. The van der Waals surface area contributed by atoms with E-state index in [1.54, 1.807) is 12.1 Å². The molecule has 0 unspecified atom stereocenters. The van der Waals surface area contributed by atoms with Crippen LogP contribution in [0.3, 0.4) is 0 Å². The van der Waals surface area contributed by atoms with Gasteiger partial charge in [-0.2, -0.15) is 0 Å². The van der Waals surface area contributed by atoms with Crippen LogP contribution in [0.4, 0.5) is 0 Å². The van der Waals surface area contributed by atoms with E-state index in [9.17, 15) is 0 Å². The predicted octanol–water partition coefficient (Wildman–Crippen LogP) is -6.66. The van der Waals surface area contributed by atoms with Gasteiger partial charge in [0.2, 0.25) is 0 Å². The van der Waals surface area contributed by atoms with E-state index in [0.29, 0.717) is 11.0 Å². The van der Waals surface area contributed by atoms with Crippen LogP contribution in [0.5, 0.6) is 0 Å². The molecule has 0 amide bonds. The molecule has 1 heterocycles. The molecule has 2 aromatic rings. The van der Waals surface area contributed by atoms with E-state index in [0.717, 1.165) is 4.85 Å². The summed E-state index contributed by atoms with van der Waals surface area (Å²) >= 11 is 0. The van der Waals surface area contributed by atoms with Crippen LogP contribution in [0.25, 0.3) is 11.0 Å². The van der Waals surface area contributed by atoms with Crippen LogP contribution < -0.4 is 59.1 Å². The van der Waals surface area contributed by atoms with E-state index in [1.165, 1.54) is 0 Å². The zero-order valence-electron chi connectivity index (χ0n) is 9.14. The topological polar surface area (TPSA) is 131 Å². The van der Waals surface area contributed by atoms with E-state index in [1.807, 2.05) is 12.1 Å². The number of aromatic nitrogens is 3. The monoisotopic (exact) mass is 277 g/mol. The molecule has 0 aliphatic heterocycles. The van der Waals surface area contributed by atoms with Gasteiger partial charge in [0.15, 0.2) is 0 Å². The van der Waals surface area contributed by atoms with Crippen molar-refractivity contribution in [1.82, 2.24) is 15.2 Å². The fraction of sp³-hybridized carbons (Fsp3) is 0. The number of hydrogen-bond acceptors (Lipinski definition) is 7. The van der Waals surface area contributed by atoms with Crippen molar-refractivity contribution in [3.63, 3.8) is 0 Å². The van der Waals surface area contributed by atoms with Crippen LogP contribution >= 0.6 is 0 Å². The SMILES string of the molecule is O=S(=O)([O-])[O-].On1nnc2ccccc21.[Na+].[Na+]. The molecule has 2 rings (SSSR count). The minimum atomic E-state index is -5.17. The van der Waals surface area contributed by atoms with Gasteiger partial charge in [-0.15, -0.1) is 5.10 Å². The Balaban J connectivity index is 0. The molecule has 0 atom stereocenters. The summed E-state index contributed by atoms with van der Waals surface area (Å²) in [4.78, 5) is 0.759. The van der Waals surface area contributed by atoms with Crippen molar-refractivity contribution < 1.29 is 81.8 Å². The average molecular weight is 277 g/mol. The third kappa shape index (κ3) is 8.08. The molecule has 1 N–H and O–H groups in total. The van der Waals surface area contributed by atoms with Crippen molar-refractivity contribution in [3.8, 4) is 0 Å². The Bertz CT molecular complexity index is 550. The second-order valence-corrected chi connectivity index (χ2v) is 3.19. The average Bonchev–Trinajstić information content (AvgIpc) is 2.46. The van der Waals surface area contributed by atoms with Gasteiger partial charge in [-0.05, 0) is 17.3 Å². The number of fused-ring (bicyclic) bond motifs is 1. The standard InChI is InChI=1S/C6H5N3O.2Na.H2O4S/c10-9-6-4-2-1-3-5(6)7-8-9;;;1-5(2,3)4/h1-4,10H;;;(H2,1,2,3,4)/q;2*+1;/p-2. The van der Waals surface area contributed by atoms with Crippen molar-refractivity contribution in [2.24, 2.45) is 0 Å². The van der Waals surface area contributed by atoms with Crippen molar-refractivity contribution in [2.45, 2.75) is 0 Å². The van der Waals surface area contributed by atoms with E-state index >= 15 is 0 Å². The molecule has 0 bridgehead atoms. The van der Waals surface area contributed by atoms with Crippen LogP contribution in [-0.2, 0) is 10.4 Å². The molecule has 0 radical (unpaired) electrons. The maximum Gasteiger partial charge on any atom is 1.00 e. The summed E-state index contributed by atoms with van der Waals surface area (Å²) in [5, 5.41) is 16.1. The summed E-state index contributed by atoms with van der Waals surface area (Å²) in [6.45, 7) is 0. The summed E-state index contributed by atoms with van der Waals surface area (Å²) < 4.78 is 34.1. The molecule has 0 aliphatic rings.